The van der Waals surface area contributed by atoms with Crippen molar-refractivity contribution < 1.29 is 1.37 Å². The Labute approximate surface area is 227 Å². The number of benzene rings is 3. The van der Waals surface area contributed by atoms with Crippen molar-refractivity contribution in [2.75, 3.05) is 10.6 Å². The number of halogens is 1. The van der Waals surface area contributed by atoms with Gasteiger partial charge in [-0.1, -0.05) is 61.0 Å². The number of hydrogen-bond acceptors (Lipinski definition) is 8. The Morgan fingerprint density at radius 2 is 1.84 bits per heavy atom. The van der Waals surface area contributed by atoms with Gasteiger partial charge in [-0.05, 0) is 41.8 Å². The topological polar surface area (TPSA) is 121 Å². The molecule has 0 spiro atoms. The van der Waals surface area contributed by atoms with Gasteiger partial charge in [0.25, 0.3) is 0 Å². The van der Waals surface area contributed by atoms with Crippen LogP contribution in [0.15, 0.2) is 84.8 Å². The maximum atomic E-state index is 9.94. The van der Waals surface area contributed by atoms with Crippen LogP contribution in [0.1, 0.15) is 49.0 Å². The number of fused-ring (bicyclic) bond motifs is 1. The fourth-order valence-electron chi connectivity index (χ4n) is 4.42. The van der Waals surface area contributed by atoms with Gasteiger partial charge in [-0.3, -0.25) is 4.98 Å². The Hall–Kier alpha value is -4.76. The summed E-state index contributed by atoms with van der Waals surface area (Å²) in [5, 5.41) is 27.2. The monoisotopic (exact) mass is 521 g/mol. The lowest BCUT2D eigenvalue weighted by Crippen LogP contribution is -2.33. The first-order chi connectivity index (χ1) is 19.0. The summed E-state index contributed by atoms with van der Waals surface area (Å²) in [5.74, 6) is 0. The van der Waals surface area contributed by atoms with Crippen molar-refractivity contribution in [3.05, 3.63) is 112 Å². The van der Waals surface area contributed by atoms with Crippen molar-refractivity contribution in [2.45, 2.75) is 25.4 Å². The Bertz CT molecular complexity index is 1640. The number of aromatic nitrogens is 1. The fraction of sp³-hybridized carbons (Fsp3) is 0.138. The zero-order chi connectivity index (χ0) is 27.4. The number of rotatable bonds is 8. The van der Waals surface area contributed by atoms with Crippen LogP contribution in [0.2, 0.25) is 5.02 Å². The second-order valence-corrected chi connectivity index (χ2v) is 9.08. The minimum atomic E-state index is -1.52. The maximum absolute atomic E-state index is 9.94. The van der Waals surface area contributed by atoms with Crippen LogP contribution < -0.4 is 27.0 Å². The molecule has 0 bridgehead atoms. The van der Waals surface area contributed by atoms with Crippen molar-refractivity contribution in [3.63, 3.8) is 0 Å². The number of hydrogen-bond donors (Lipinski definition) is 5. The van der Waals surface area contributed by atoms with E-state index in [2.05, 4.69) is 51.1 Å². The summed E-state index contributed by atoms with van der Waals surface area (Å²) < 4.78 is 9.48. The van der Waals surface area contributed by atoms with Crippen LogP contribution >= 0.6 is 11.6 Å². The molecular formula is C29H25ClN8. The van der Waals surface area contributed by atoms with Gasteiger partial charge >= 0.3 is 0 Å². The molecule has 1 aliphatic rings. The van der Waals surface area contributed by atoms with E-state index in [1.807, 2.05) is 36.4 Å². The molecule has 3 aromatic carbocycles. The molecule has 0 fully saturated rings. The molecule has 8 nitrogen and oxygen atoms in total. The molecule has 1 aromatic heterocycles. The van der Waals surface area contributed by atoms with Crippen LogP contribution in [0.3, 0.4) is 0 Å². The summed E-state index contributed by atoms with van der Waals surface area (Å²) in [4.78, 5) is 4.47. The predicted molar refractivity (Wildman–Crippen MR) is 150 cm³/mol. The first-order valence-electron chi connectivity index (χ1n) is 12.6. The lowest BCUT2D eigenvalue weighted by atomic mass is 10.0. The van der Waals surface area contributed by atoms with E-state index in [4.69, 9.17) is 11.6 Å². The average Bonchev–Trinajstić information content (AvgIpc) is 3.52. The number of hydrazine groups is 2. The molecule has 4 aromatic rings. The van der Waals surface area contributed by atoms with Crippen molar-refractivity contribution in [1.82, 2.24) is 21.4 Å². The highest BCUT2D eigenvalue weighted by Gasteiger charge is 2.22. The summed E-state index contributed by atoms with van der Waals surface area (Å²) in [6.07, 6.45) is 3.94. The summed E-state index contributed by atoms with van der Waals surface area (Å²) in [7, 11) is 0. The lowest BCUT2D eigenvalue weighted by Gasteiger charge is -2.24. The SMILES string of the molecule is [2H][C@](Nc1cc(Cl)c2ncc(C#N)c(N[C@H](CC)c3ccccc3)c2c1)(C1=CNNN1)c1cccc(C#N)c1. The molecule has 1 aliphatic heterocycles. The molecule has 188 valence electrons. The highest BCUT2D eigenvalue weighted by molar-refractivity contribution is 6.35. The molecule has 38 heavy (non-hydrogen) atoms. The fourth-order valence-corrected chi connectivity index (χ4v) is 4.69. The van der Waals surface area contributed by atoms with E-state index in [1.165, 1.54) is 6.20 Å². The molecule has 5 N–H and O–H groups in total. The highest BCUT2D eigenvalue weighted by atomic mass is 35.5. The lowest BCUT2D eigenvalue weighted by molar-refractivity contribution is 0.583. The van der Waals surface area contributed by atoms with Crippen LogP contribution in [-0.2, 0) is 0 Å². The van der Waals surface area contributed by atoms with Gasteiger partial charge in [0.2, 0.25) is 0 Å². The van der Waals surface area contributed by atoms with Gasteiger partial charge in [0.1, 0.15) is 6.07 Å². The molecule has 0 unspecified atom stereocenters. The molecule has 0 aliphatic carbocycles. The smallest absolute Gasteiger partial charge is 0.103 e. The first kappa shape index (κ1) is 23.6. The zero-order valence-electron chi connectivity index (χ0n) is 21.5. The van der Waals surface area contributed by atoms with Crippen LogP contribution in [0.25, 0.3) is 10.9 Å². The third kappa shape index (κ3) is 5.05. The van der Waals surface area contributed by atoms with Crippen LogP contribution in [0.4, 0.5) is 11.4 Å². The third-order valence-corrected chi connectivity index (χ3v) is 6.57. The Balaban J connectivity index is 1.63. The Morgan fingerprint density at radius 1 is 1.03 bits per heavy atom. The van der Waals surface area contributed by atoms with E-state index >= 15 is 0 Å². The Morgan fingerprint density at radius 3 is 2.55 bits per heavy atom. The van der Waals surface area contributed by atoms with Crippen molar-refractivity contribution in [2.24, 2.45) is 0 Å². The quantitative estimate of drug-likeness (QED) is 0.197. The number of nitrogens with one attached hydrogen (secondary N) is 5. The second kappa shape index (κ2) is 11.1. The summed E-state index contributed by atoms with van der Waals surface area (Å²) >= 11 is 6.73. The van der Waals surface area contributed by atoms with Crippen LogP contribution in [0, 0.1) is 22.7 Å². The van der Waals surface area contributed by atoms with E-state index in [1.54, 1.807) is 36.5 Å². The van der Waals surface area contributed by atoms with E-state index in [-0.39, 0.29) is 6.04 Å². The number of pyridine rings is 1. The molecule has 2 atom stereocenters. The number of anilines is 2. The molecule has 0 radical (unpaired) electrons. The summed E-state index contributed by atoms with van der Waals surface area (Å²) in [6.45, 7) is 2.08. The third-order valence-electron chi connectivity index (χ3n) is 6.28. The first-order valence-corrected chi connectivity index (χ1v) is 12.4. The standard InChI is InChI=1S/C29H25ClN8/c1-2-25(19-8-4-3-5-9-19)36-27-21(15-32)16-33-29-23(27)12-22(13-24(29)30)35-28(26-17-34-38-37-26)20-10-6-7-18(11-20)14-31/h3-13,16-17,25,28,34-35,37-38H,2H2,1H3,(H,33,36)/t25-,28-/m1/s1/i28D. The minimum absolute atomic E-state index is 0.0479. The predicted octanol–water partition coefficient (Wildman–Crippen LogP) is 5.80. The van der Waals surface area contributed by atoms with Gasteiger partial charge in [0.05, 0.1) is 52.6 Å². The molecule has 2 heterocycles. The second-order valence-electron chi connectivity index (χ2n) is 8.67. The largest absolute Gasteiger partial charge is 0.377 e. The van der Waals surface area contributed by atoms with Crippen molar-refractivity contribution in [1.29, 1.82) is 10.5 Å². The van der Waals surface area contributed by atoms with Crippen molar-refractivity contribution in [3.8, 4) is 12.1 Å². The molecule has 0 saturated heterocycles. The molecule has 0 saturated carbocycles. The van der Waals surface area contributed by atoms with E-state index in [0.29, 0.717) is 49.7 Å². The van der Waals surface area contributed by atoms with Gasteiger partial charge < -0.3 is 21.5 Å². The van der Waals surface area contributed by atoms with Crippen LogP contribution in [0.5, 0.6) is 0 Å². The zero-order valence-corrected chi connectivity index (χ0v) is 21.3. The van der Waals surface area contributed by atoms with Gasteiger partial charge in [-0.15, -0.1) is 0 Å². The average molecular weight is 522 g/mol. The van der Waals surface area contributed by atoms with Gasteiger partial charge in [-0.25, -0.2) is 0 Å². The molecular weight excluding hydrogens is 496 g/mol. The summed E-state index contributed by atoms with van der Waals surface area (Å²) in [6, 6.07) is 23.2. The van der Waals surface area contributed by atoms with E-state index in [9.17, 15) is 11.9 Å². The molecule has 0 amide bonds. The van der Waals surface area contributed by atoms with Gasteiger partial charge in [-0.2, -0.15) is 16.1 Å². The van der Waals surface area contributed by atoms with Crippen LogP contribution in [-0.4, -0.2) is 4.98 Å². The van der Waals surface area contributed by atoms with E-state index < -0.39 is 6.02 Å². The molecule has 9 heteroatoms. The maximum Gasteiger partial charge on any atom is 0.103 e. The number of nitrogens with zero attached hydrogens (tertiary/aromatic N) is 3. The van der Waals surface area contributed by atoms with Gasteiger partial charge in [0.15, 0.2) is 0 Å². The van der Waals surface area contributed by atoms with E-state index in [0.717, 1.165) is 12.0 Å². The number of nitriles is 2. The van der Waals surface area contributed by atoms with Gasteiger partial charge in [0, 0.05) is 23.5 Å². The summed E-state index contributed by atoms with van der Waals surface area (Å²) in [5.41, 5.74) is 13.2. The van der Waals surface area contributed by atoms with Crippen molar-refractivity contribution >= 4 is 33.9 Å². The minimum Gasteiger partial charge on any atom is -0.377 e. The Kier molecular flexibility index (Phi) is 6.90. The highest BCUT2D eigenvalue weighted by Crippen LogP contribution is 2.37. The normalized spacial score (nSPS) is 15.1. The molecule has 5 rings (SSSR count).